The second-order valence-corrected chi connectivity index (χ2v) is 6.26. The SMILES string of the molecule is Cc1c(CN=C2NC3CCCC3CS2)cnn1C. The van der Waals surface area contributed by atoms with Crippen molar-refractivity contribution in [1.29, 1.82) is 0 Å². The Morgan fingerprint density at radius 1 is 1.56 bits per heavy atom. The number of fused-ring (bicyclic) bond motifs is 1. The summed E-state index contributed by atoms with van der Waals surface area (Å²) >= 11 is 1.88. The summed E-state index contributed by atoms with van der Waals surface area (Å²) in [5.74, 6) is 2.11. The molecule has 0 radical (unpaired) electrons. The molecular weight excluding hydrogens is 244 g/mol. The second kappa shape index (κ2) is 4.96. The van der Waals surface area contributed by atoms with E-state index in [0.717, 1.165) is 17.6 Å². The summed E-state index contributed by atoms with van der Waals surface area (Å²) in [4.78, 5) is 4.70. The Balaban J connectivity index is 1.64. The van der Waals surface area contributed by atoms with Crippen molar-refractivity contribution < 1.29 is 0 Å². The molecule has 1 N–H and O–H groups in total. The molecular formula is C13H20N4S. The van der Waals surface area contributed by atoms with Crippen LogP contribution in [0, 0.1) is 12.8 Å². The maximum Gasteiger partial charge on any atom is 0.157 e. The summed E-state index contributed by atoms with van der Waals surface area (Å²) in [6, 6.07) is 0.681. The van der Waals surface area contributed by atoms with Crippen LogP contribution in [0.4, 0.5) is 0 Å². The molecule has 2 aliphatic rings. The highest BCUT2D eigenvalue weighted by atomic mass is 32.2. The third-order valence-electron chi connectivity index (χ3n) is 4.13. The lowest BCUT2D eigenvalue weighted by atomic mass is 10.1. The average Bonchev–Trinajstić information content (AvgIpc) is 2.96. The minimum atomic E-state index is 0.681. The van der Waals surface area contributed by atoms with E-state index in [0.29, 0.717) is 6.04 Å². The molecule has 1 aliphatic heterocycles. The van der Waals surface area contributed by atoms with Crippen LogP contribution in [-0.4, -0.2) is 26.7 Å². The van der Waals surface area contributed by atoms with E-state index in [1.165, 1.54) is 36.3 Å². The van der Waals surface area contributed by atoms with Crippen LogP contribution < -0.4 is 5.32 Å². The number of aromatic nitrogens is 2. The van der Waals surface area contributed by atoms with Crippen molar-refractivity contribution in [1.82, 2.24) is 15.1 Å². The number of hydrogen-bond acceptors (Lipinski definition) is 3. The molecule has 2 fully saturated rings. The van der Waals surface area contributed by atoms with Crippen LogP contribution in [0.3, 0.4) is 0 Å². The zero-order valence-corrected chi connectivity index (χ0v) is 11.8. The summed E-state index contributed by atoms with van der Waals surface area (Å²) in [6.07, 6.45) is 6.00. The van der Waals surface area contributed by atoms with Crippen LogP contribution >= 0.6 is 11.8 Å². The van der Waals surface area contributed by atoms with E-state index in [-0.39, 0.29) is 0 Å². The van der Waals surface area contributed by atoms with Crippen LogP contribution in [0.25, 0.3) is 0 Å². The van der Waals surface area contributed by atoms with Crippen molar-refractivity contribution >= 4 is 16.9 Å². The Labute approximate surface area is 112 Å². The van der Waals surface area contributed by atoms with Gasteiger partial charge in [0.1, 0.15) is 0 Å². The van der Waals surface area contributed by atoms with Gasteiger partial charge in [-0.05, 0) is 25.7 Å². The third kappa shape index (κ3) is 2.28. The van der Waals surface area contributed by atoms with Crippen LogP contribution in [0.15, 0.2) is 11.2 Å². The molecule has 3 rings (SSSR count). The quantitative estimate of drug-likeness (QED) is 0.889. The van der Waals surface area contributed by atoms with E-state index >= 15 is 0 Å². The topological polar surface area (TPSA) is 42.2 Å². The number of nitrogens with one attached hydrogen (secondary N) is 1. The van der Waals surface area contributed by atoms with Crippen molar-refractivity contribution in [2.75, 3.05) is 5.75 Å². The Morgan fingerprint density at radius 3 is 3.22 bits per heavy atom. The van der Waals surface area contributed by atoms with E-state index in [9.17, 15) is 0 Å². The molecule has 0 aromatic carbocycles. The number of rotatable bonds is 2. The zero-order valence-electron chi connectivity index (χ0n) is 11.0. The number of aliphatic imine (C=N–C) groups is 1. The Kier molecular flexibility index (Phi) is 3.33. The minimum absolute atomic E-state index is 0.681. The summed E-state index contributed by atoms with van der Waals surface area (Å²) < 4.78 is 1.91. The zero-order chi connectivity index (χ0) is 12.5. The van der Waals surface area contributed by atoms with E-state index in [4.69, 9.17) is 4.99 Å². The fourth-order valence-electron chi connectivity index (χ4n) is 2.76. The van der Waals surface area contributed by atoms with Crippen LogP contribution in [0.2, 0.25) is 0 Å². The van der Waals surface area contributed by atoms with Gasteiger partial charge in [-0.15, -0.1) is 0 Å². The van der Waals surface area contributed by atoms with Gasteiger partial charge in [0.2, 0.25) is 0 Å². The molecule has 5 heteroatoms. The fraction of sp³-hybridized carbons (Fsp3) is 0.692. The highest BCUT2D eigenvalue weighted by molar-refractivity contribution is 8.13. The van der Waals surface area contributed by atoms with E-state index in [1.54, 1.807) is 0 Å². The summed E-state index contributed by atoms with van der Waals surface area (Å²) in [5, 5.41) is 8.98. The molecule has 0 amide bonds. The van der Waals surface area contributed by atoms with E-state index < -0.39 is 0 Å². The highest BCUT2D eigenvalue weighted by Gasteiger charge is 2.31. The molecule has 1 saturated heterocycles. The summed E-state index contributed by atoms with van der Waals surface area (Å²) in [5.41, 5.74) is 2.43. The number of nitrogens with zero attached hydrogens (tertiary/aromatic N) is 3. The van der Waals surface area contributed by atoms with Gasteiger partial charge >= 0.3 is 0 Å². The van der Waals surface area contributed by atoms with E-state index in [1.807, 2.05) is 29.7 Å². The Bertz CT molecular complexity index is 466. The Morgan fingerprint density at radius 2 is 2.44 bits per heavy atom. The summed E-state index contributed by atoms with van der Waals surface area (Å²) in [7, 11) is 1.97. The number of thioether (sulfide) groups is 1. The first-order chi connectivity index (χ1) is 8.74. The van der Waals surface area contributed by atoms with Gasteiger partial charge in [0.15, 0.2) is 5.17 Å². The predicted molar refractivity (Wildman–Crippen MR) is 75.8 cm³/mol. The van der Waals surface area contributed by atoms with Gasteiger partial charge in [0, 0.05) is 30.1 Å². The molecule has 1 saturated carbocycles. The largest absolute Gasteiger partial charge is 0.362 e. The van der Waals surface area contributed by atoms with Gasteiger partial charge in [-0.2, -0.15) is 5.10 Å². The van der Waals surface area contributed by atoms with Crippen molar-refractivity contribution in [3.63, 3.8) is 0 Å². The van der Waals surface area contributed by atoms with Crippen molar-refractivity contribution in [2.24, 2.45) is 18.0 Å². The van der Waals surface area contributed by atoms with Crippen molar-refractivity contribution in [2.45, 2.75) is 38.8 Å². The second-order valence-electron chi connectivity index (χ2n) is 5.25. The van der Waals surface area contributed by atoms with Gasteiger partial charge in [-0.1, -0.05) is 18.2 Å². The average molecular weight is 264 g/mol. The molecule has 1 aromatic heterocycles. The van der Waals surface area contributed by atoms with Gasteiger partial charge in [0.25, 0.3) is 0 Å². The molecule has 0 bridgehead atoms. The molecule has 0 spiro atoms. The maximum absolute atomic E-state index is 4.70. The van der Waals surface area contributed by atoms with Gasteiger partial charge < -0.3 is 5.32 Å². The normalized spacial score (nSPS) is 29.3. The number of hydrogen-bond donors (Lipinski definition) is 1. The molecule has 2 atom stereocenters. The first-order valence-electron chi connectivity index (χ1n) is 6.65. The number of aryl methyl sites for hydroxylation is 1. The Hall–Kier alpha value is -0.970. The molecule has 2 heterocycles. The molecule has 1 aliphatic carbocycles. The molecule has 18 heavy (non-hydrogen) atoms. The number of amidine groups is 1. The minimum Gasteiger partial charge on any atom is -0.362 e. The molecule has 2 unspecified atom stereocenters. The van der Waals surface area contributed by atoms with Gasteiger partial charge in [0.05, 0.1) is 12.7 Å². The van der Waals surface area contributed by atoms with Gasteiger partial charge in [-0.3, -0.25) is 9.67 Å². The van der Waals surface area contributed by atoms with Crippen LogP contribution in [0.5, 0.6) is 0 Å². The third-order valence-corrected chi connectivity index (χ3v) is 5.25. The maximum atomic E-state index is 4.70. The van der Waals surface area contributed by atoms with Crippen molar-refractivity contribution in [3.8, 4) is 0 Å². The van der Waals surface area contributed by atoms with Crippen LogP contribution in [0.1, 0.15) is 30.5 Å². The molecule has 98 valence electrons. The van der Waals surface area contributed by atoms with E-state index in [2.05, 4.69) is 17.3 Å². The van der Waals surface area contributed by atoms with Crippen LogP contribution in [-0.2, 0) is 13.6 Å². The summed E-state index contributed by atoms with van der Waals surface area (Å²) in [6.45, 7) is 2.84. The standard InChI is InChI=1S/C13H20N4S/c1-9-11(7-15-17(9)2)6-14-13-16-12-5-3-4-10(12)8-18-13/h7,10,12H,3-6,8H2,1-2H3,(H,14,16). The lowest BCUT2D eigenvalue weighted by molar-refractivity contribution is 0.489. The first-order valence-corrected chi connectivity index (χ1v) is 7.64. The lowest BCUT2D eigenvalue weighted by Crippen LogP contribution is -2.41. The predicted octanol–water partition coefficient (Wildman–Crippen LogP) is 2.09. The van der Waals surface area contributed by atoms with Gasteiger partial charge in [-0.25, -0.2) is 0 Å². The highest BCUT2D eigenvalue weighted by Crippen LogP contribution is 2.32. The smallest absolute Gasteiger partial charge is 0.157 e. The first kappa shape index (κ1) is 12.1. The monoisotopic (exact) mass is 264 g/mol. The molecule has 1 aromatic rings. The van der Waals surface area contributed by atoms with Crippen molar-refractivity contribution in [3.05, 3.63) is 17.5 Å². The molecule has 4 nitrogen and oxygen atoms in total. The lowest BCUT2D eigenvalue weighted by Gasteiger charge is -2.28. The fourth-order valence-corrected chi connectivity index (χ4v) is 3.92.